The summed E-state index contributed by atoms with van der Waals surface area (Å²) in [6.07, 6.45) is 4.85. The molecule has 0 amide bonds. The molecule has 4 rings (SSSR count). The van der Waals surface area contributed by atoms with Crippen LogP contribution in [0, 0.1) is 32.1 Å². The quantitative estimate of drug-likeness (QED) is 0.532. The fourth-order valence-electron chi connectivity index (χ4n) is 4.87. The molecule has 6 heteroatoms. The Labute approximate surface area is 183 Å². The van der Waals surface area contributed by atoms with E-state index in [1.54, 1.807) is 11.3 Å². The molecule has 0 spiro atoms. The monoisotopic (exact) mass is 423 g/mol. The molecule has 1 fully saturated rings. The van der Waals surface area contributed by atoms with E-state index >= 15 is 0 Å². The van der Waals surface area contributed by atoms with Gasteiger partial charge < -0.3 is 10.6 Å². The number of fused-ring (bicyclic) bond motifs is 1. The fourth-order valence-corrected chi connectivity index (χ4v) is 5.94. The van der Waals surface area contributed by atoms with E-state index in [9.17, 15) is 0 Å². The van der Waals surface area contributed by atoms with E-state index in [0.717, 1.165) is 21.4 Å². The van der Waals surface area contributed by atoms with Crippen LogP contribution >= 0.6 is 11.3 Å². The summed E-state index contributed by atoms with van der Waals surface area (Å²) in [4.78, 5) is 17.2. The SMILES string of the molecule is Cc1nc(N)c2nc(N(c3c(C)cccc3C)C3CCC(C(C)(C)C)CC3)sc2n1. The minimum Gasteiger partial charge on any atom is -0.382 e. The van der Waals surface area contributed by atoms with Crippen molar-refractivity contribution in [3.8, 4) is 0 Å². The largest absolute Gasteiger partial charge is 0.382 e. The molecule has 0 saturated heterocycles. The van der Waals surface area contributed by atoms with Gasteiger partial charge in [0, 0.05) is 11.7 Å². The molecule has 1 aromatic carbocycles. The van der Waals surface area contributed by atoms with Gasteiger partial charge in [-0.25, -0.2) is 15.0 Å². The zero-order valence-electron chi connectivity index (χ0n) is 19.0. The van der Waals surface area contributed by atoms with Crippen molar-refractivity contribution in [3.05, 3.63) is 35.2 Å². The van der Waals surface area contributed by atoms with Crippen LogP contribution in [0.1, 0.15) is 63.4 Å². The molecule has 3 aromatic rings. The Balaban J connectivity index is 1.79. The van der Waals surface area contributed by atoms with Crippen LogP contribution in [0.5, 0.6) is 0 Å². The summed E-state index contributed by atoms with van der Waals surface area (Å²) in [5, 5.41) is 0.980. The number of para-hydroxylation sites is 1. The zero-order chi connectivity index (χ0) is 21.6. The highest BCUT2D eigenvalue weighted by Gasteiger charge is 2.34. The molecular formula is C24H33N5S. The van der Waals surface area contributed by atoms with Crippen LogP contribution in [0.4, 0.5) is 16.6 Å². The van der Waals surface area contributed by atoms with Crippen molar-refractivity contribution in [1.82, 2.24) is 15.0 Å². The normalized spacial score (nSPS) is 19.9. The number of nitrogen functional groups attached to an aromatic ring is 1. The van der Waals surface area contributed by atoms with Crippen molar-refractivity contribution in [3.63, 3.8) is 0 Å². The van der Waals surface area contributed by atoms with Crippen molar-refractivity contribution < 1.29 is 0 Å². The lowest BCUT2D eigenvalue weighted by atomic mass is 9.71. The van der Waals surface area contributed by atoms with Crippen LogP contribution < -0.4 is 10.6 Å². The van der Waals surface area contributed by atoms with Gasteiger partial charge in [-0.2, -0.15) is 0 Å². The van der Waals surface area contributed by atoms with E-state index in [4.69, 9.17) is 10.7 Å². The van der Waals surface area contributed by atoms with Crippen LogP contribution in [-0.2, 0) is 0 Å². The molecule has 1 saturated carbocycles. The Morgan fingerprint density at radius 2 is 1.60 bits per heavy atom. The molecule has 1 aliphatic rings. The van der Waals surface area contributed by atoms with Gasteiger partial charge in [-0.15, -0.1) is 0 Å². The Morgan fingerprint density at radius 1 is 0.967 bits per heavy atom. The number of nitrogens with two attached hydrogens (primary N) is 1. The number of aryl methyl sites for hydroxylation is 3. The topological polar surface area (TPSA) is 67.9 Å². The molecule has 0 unspecified atom stereocenters. The average Bonchev–Trinajstić information content (AvgIpc) is 3.08. The lowest BCUT2D eigenvalue weighted by molar-refractivity contribution is 0.169. The number of hydrogen-bond donors (Lipinski definition) is 1. The first-order valence-corrected chi connectivity index (χ1v) is 11.7. The van der Waals surface area contributed by atoms with Crippen LogP contribution in [-0.4, -0.2) is 21.0 Å². The summed E-state index contributed by atoms with van der Waals surface area (Å²) in [5.41, 5.74) is 11.1. The maximum atomic E-state index is 6.19. The second kappa shape index (κ2) is 7.80. The molecule has 1 aliphatic carbocycles. The molecule has 0 atom stereocenters. The number of thiazole rings is 1. The minimum absolute atomic E-state index is 0.367. The molecule has 2 N–H and O–H groups in total. The van der Waals surface area contributed by atoms with Crippen LogP contribution in [0.15, 0.2) is 18.2 Å². The second-order valence-corrected chi connectivity index (χ2v) is 10.7. The summed E-state index contributed by atoms with van der Waals surface area (Å²) in [6.45, 7) is 13.4. The maximum absolute atomic E-state index is 6.19. The predicted molar refractivity (Wildman–Crippen MR) is 128 cm³/mol. The van der Waals surface area contributed by atoms with E-state index in [2.05, 4.69) is 67.7 Å². The van der Waals surface area contributed by atoms with Gasteiger partial charge >= 0.3 is 0 Å². The summed E-state index contributed by atoms with van der Waals surface area (Å²) in [7, 11) is 0. The molecule has 2 heterocycles. The molecule has 30 heavy (non-hydrogen) atoms. The Bertz CT molecular complexity index is 1040. The van der Waals surface area contributed by atoms with Crippen LogP contribution in [0.25, 0.3) is 10.3 Å². The molecular weight excluding hydrogens is 390 g/mol. The number of nitrogens with zero attached hydrogens (tertiary/aromatic N) is 4. The second-order valence-electron chi connectivity index (χ2n) is 9.79. The first-order valence-electron chi connectivity index (χ1n) is 10.9. The molecule has 2 aromatic heterocycles. The summed E-state index contributed by atoms with van der Waals surface area (Å²) in [5.74, 6) is 1.94. The van der Waals surface area contributed by atoms with Crippen LogP contribution in [0.2, 0.25) is 0 Å². The van der Waals surface area contributed by atoms with Crippen molar-refractivity contribution in [2.24, 2.45) is 11.3 Å². The Kier molecular flexibility index (Phi) is 5.47. The number of aromatic nitrogens is 3. The predicted octanol–water partition coefficient (Wildman–Crippen LogP) is 6.34. The molecule has 0 radical (unpaired) electrons. The minimum atomic E-state index is 0.367. The van der Waals surface area contributed by atoms with Gasteiger partial charge in [-0.3, -0.25) is 0 Å². The van der Waals surface area contributed by atoms with E-state index in [0.29, 0.717) is 23.1 Å². The van der Waals surface area contributed by atoms with Gasteiger partial charge in [-0.05, 0) is 68.9 Å². The standard InChI is InChI=1S/C24H33N5S/c1-14-8-7-9-15(2)20(14)29(18-12-10-17(11-13-18)24(4,5)6)23-28-19-21(25)26-16(3)27-22(19)30-23/h7-9,17-18H,10-13H2,1-6H3,(H2,25,26,27). The third-order valence-electron chi connectivity index (χ3n) is 6.56. The maximum Gasteiger partial charge on any atom is 0.192 e. The smallest absolute Gasteiger partial charge is 0.192 e. The van der Waals surface area contributed by atoms with Gasteiger partial charge in [0.1, 0.15) is 11.3 Å². The lowest BCUT2D eigenvalue weighted by Gasteiger charge is -2.41. The van der Waals surface area contributed by atoms with Crippen molar-refractivity contribution in [2.75, 3.05) is 10.6 Å². The first-order chi connectivity index (χ1) is 14.1. The molecule has 160 valence electrons. The third kappa shape index (κ3) is 3.89. The van der Waals surface area contributed by atoms with E-state index in [-0.39, 0.29) is 0 Å². The first kappa shape index (κ1) is 21.0. The fraction of sp³-hybridized carbons (Fsp3) is 0.542. The van der Waals surface area contributed by atoms with Crippen molar-refractivity contribution in [2.45, 2.75) is 73.3 Å². The Hall–Kier alpha value is -2.21. The average molecular weight is 424 g/mol. The van der Waals surface area contributed by atoms with Gasteiger partial charge in [0.15, 0.2) is 15.8 Å². The van der Waals surface area contributed by atoms with E-state index in [1.165, 1.54) is 42.5 Å². The summed E-state index contributed by atoms with van der Waals surface area (Å²) < 4.78 is 0. The number of benzene rings is 1. The summed E-state index contributed by atoms with van der Waals surface area (Å²) in [6, 6.07) is 6.96. The van der Waals surface area contributed by atoms with Gasteiger partial charge in [0.05, 0.1) is 0 Å². The summed E-state index contributed by atoms with van der Waals surface area (Å²) >= 11 is 1.63. The van der Waals surface area contributed by atoms with Crippen molar-refractivity contribution >= 4 is 38.3 Å². The van der Waals surface area contributed by atoms with Gasteiger partial charge in [0.2, 0.25) is 0 Å². The van der Waals surface area contributed by atoms with Crippen LogP contribution in [0.3, 0.4) is 0 Å². The lowest BCUT2D eigenvalue weighted by Crippen LogP contribution is -2.38. The van der Waals surface area contributed by atoms with Gasteiger partial charge in [-0.1, -0.05) is 50.3 Å². The molecule has 0 bridgehead atoms. The number of anilines is 3. The number of hydrogen-bond acceptors (Lipinski definition) is 6. The van der Waals surface area contributed by atoms with E-state index in [1.807, 2.05) is 6.92 Å². The molecule has 0 aliphatic heterocycles. The molecule has 5 nitrogen and oxygen atoms in total. The van der Waals surface area contributed by atoms with E-state index < -0.39 is 0 Å². The highest BCUT2D eigenvalue weighted by molar-refractivity contribution is 7.22. The van der Waals surface area contributed by atoms with Gasteiger partial charge in [0.25, 0.3) is 0 Å². The zero-order valence-corrected chi connectivity index (χ0v) is 19.8. The Morgan fingerprint density at radius 3 is 2.20 bits per heavy atom. The number of rotatable bonds is 3. The highest BCUT2D eigenvalue weighted by Crippen LogP contribution is 2.45. The third-order valence-corrected chi connectivity index (χ3v) is 7.51. The highest BCUT2D eigenvalue weighted by atomic mass is 32.1. The van der Waals surface area contributed by atoms with Crippen molar-refractivity contribution in [1.29, 1.82) is 0 Å².